The predicted octanol–water partition coefficient (Wildman–Crippen LogP) is -3.19. The van der Waals surface area contributed by atoms with Gasteiger partial charge in [0.1, 0.15) is 48.1 Å². The molecule has 0 aliphatic heterocycles. The summed E-state index contributed by atoms with van der Waals surface area (Å²) in [6.45, 7) is 1.59. The number of carbonyl (C=O) groups excluding carboxylic acids is 8. The van der Waals surface area contributed by atoms with Gasteiger partial charge in [0.25, 0.3) is 0 Å². The Morgan fingerprint density at radius 2 is 1.19 bits per heavy atom. The number of rotatable bonds is 29. The summed E-state index contributed by atoms with van der Waals surface area (Å²) in [7, 11) is -5.45. The molecule has 0 bridgehead atoms. The zero-order chi connectivity index (χ0) is 53.0. The van der Waals surface area contributed by atoms with Crippen LogP contribution in [0.1, 0.15) is 43.4 Å². The quantitative estimate of drug-likeness (QED) is 0.0146. The van der Waals surface area contributed by atoms with Gasteiger partial charge in [-0.3, -0.25) is 42.5 Å². The van der Waals surface area contributed by atoms with Gasteiger partial charge in [0.2, 0.25) is 57.7 Å². The van der Waals surface area contributed by atoms with Crippen molar-refractivity contribution >= 4 is 92.1 Å². The van der Waals surface area contributed by atoms with Gasteiger partial charge in [-0.2, -0.15) is 23.5 Å². The van der Waals surface area contributed by atoms with Gasteiger partial charge in [0.05, 0.1) is 6.54 Å². The van der Waals surface area contributed by atoms with Crippen LogP contribution in [0.2, 0.25) is 0 Å². The fourth-order valence-electron chi connectivity index (χ4n) is 7.37. The number of amides is 8. The van der Waals surface area contributed by atoms with Crippen molar-refractivity contribution in [2.75, 3.05) is 30.6 Å². The van der Waals surface area contributed by atoms with Crippen molar-refractivity contribution in [1.29, 1.82) is 0 Å². The second-order valence-corrected chi connectivity index (χ2v) is 19.5. The van der Waals surface area contributed by atoms with E-state index in [1.165, 1.54) is 42.6 Å². The number of thioether (sulfide) groups is 2. The first kappa shape index (κ1) is 61.6. The Bertz CT molecular complexity index is 2630. The van der Waals surface area contributed by atoms with Gasteiger partial charge in [-0.05, 0) is 78.7 Å². The SMILES string of the molecule is CSCC[C@H](NC(=O)[C@H](Cc1ccc(O)cc1)NC(C)=O)C(=O)NCC(=O)N[C@@H](Cc1c[nH]c2ccccc12)C(=O)N[C@@H](CCSC)C(=O)N[C@H](C(=O)N[C@@H](Cc1ccccc1)C(N)=O)[C@@H](C)OS(=O)(=O)[O-].[Na+]. The van der Waals surface area contributed by atoms with Gasteiger partial charge in [-0.15, -0.1) is 0 Å². The molecule has 0 unspecified atom stereocenters. The number of carbonyl (C=O) groups is 8. The van der Waals surface area contributed by atoms with E-state index in [1.807, 2.05) is 0 Å². The number of nitrogens with one attached hydrogen (secondary N) is 8. The smallest absolute Gasteiger partial charge is 0.726 e. The molecule has 11 N–H and O–H groups in total. The second kappa shape index (κ2) is 30.5. The average molecular weight is 1080 g/mol. The van der Waals surface area contributed by atoms with Crippen LogP contribution < -0.4 is 72.5 Å². The van der Waals surface area contributed by atoms with Crippen LogP contribution in [0.3, 0.4) is 0 Å². The Labute approximate surface area is 453 Å². The summed E-state index contributed by atoms with van der Waals surface area (Å²) >= 11 is 2.70. The first-order valence-corrected chi connectivity index (χ1v) is 26.6. The van der Waals surface area contributed by atoms with E-state index in [0.717, 1.165) is 6.92 Å². The molecule has 1 heterocycles. The molecule has 4 rings (SSSR count). The number of aromatic amines is 1. The third-order valence-electron chi connectivity index (χ3n) is 11.0. The molecule has 0 saturated carbocycles. The normalized spacial score (nSPS) is 14.0. The number of fused-ring (bicyclic) bond motifs is 1. The monoisotopic (exact) mass is 1080 g/mol. The van der Waals surface area contributed by atoms with Crippen molar-refractivity contribution in [3.8, 4) is 5.75 Å². The van der Waals surface area contributed by atoms with Crippen molar-refractivity contribution in [1.82, 2.24) is 42.2 Å². The van der Waals surface area contributed by atoms with Gasteiger partial charge >= 0.3 is 29.6 Å². The predicted molar refractivity (Wildman–Crippen MR) is 270 cm³/mol. The molecule has 0 fully saturated rings. The van der Waals surface area contributed by atoms with E-state index in [1.54, 1.807) is 85.4 Å². The van der Waals surface area contributed by atoms with Crippen molar-refractivity contribution in [3.05, 3.63) is 102 Å². The van der Waals surface area contributed by atoms with Crippen molar-refractivity contribution in [2.24, 2.45) is 5.73 Å². The third-order valence-corrected chi connectivity index (χ3v) is 12.8. The molecule has 26 heteroatoms. The Kier molecular flexibility index (Phi) is 25.8. The molecular weight excluding hydrogens is 1020 g/mol. The minimum absolute atomic E-state index is 0. The number of nitrogens with two attached hydrogens (primary N) is 1. The number of phenols is 1. The van der Waals surface area contributed by atoms with E-state index >= 15 is 0 Å². The summed E-state index contributed by atoms with van der Waals surface area (Å²) in [5.74, 6) is -6.09. The molecule has 1 aromatic heterocycles. The molecule has 0 aliphatic rings. The minimum Gasteiger partial charge on any atom is -0.726 e. The Morgan fingerprint density at radius 1 is 0.671 bits per heavy atom. The largest absolute Gasteiger partial charge is 1.00 e. The molecule has 0 saturated heterocycles. The van der Waals surface area contributed by atoms with E-state index < -0.39 is 107 Å². The molecule has 8 amide bonds. The van der Waals surface area contributed by atoms with Crippen LogP contribution in [0.15, 0.2) is 85.1 Å². The van der Waals surface area contributed by atoms with Crippen LogP contribution in [0.4, 0.5) is 0 Å². The van der Waals surface area contributed by atoms with Gasteiger partial charge in [-0.1, -0.05) is 60.7 Å². The molecule has 4 aromatic rings. The topological polar surface area (TPSA) is 349 Å². The van der Waals surface area contributed by atoms with Crippen LogP contribution in [-0.2, 0) is 72.2 Å². The van der Waals surface area contributed by atoms with Crippen LogP contribution in [-0.4, -0.2) is 143 Å². The molecule has 0 radical (unpaired) electrons. The van der Waals surface area contributed by atoms with Crippen molar-refractivity contribution < 1.29 is 90.2 Å². The Morgan fingerprint density at radius 3 is 1.77 bits per heavy atom. The van der Waals surface area contributed by atoms with Crippen molar-refractivity contribution in [2.45, 2.75) is 88.3 Å². The Hall–Kier alpha value is -5.67. The zero-order valence-corrected chi connectivity index (χ0v) is 45.4. The summed E-state index contributed by atoms with van der Waals surface area (Å²) in [6.07, 6.45) is 3.20. The molecule has 390 valence electrons. The van der Waals surface area contributed by atoms with E-state index in [-0.39, 0.29) is 73.2 Å². The van der Waals surface area contributed by atoms with Gasteiger partial charge in [0.15, 0.2) is 0 Å². The minimum atomic E-state index is -5.45. The van der Waals surface area contributed by atoms with Crippen molar-refractivity contribution in [3.63, 3.8) is 0 Å². The van der Waals surface area contributed by atoms with E-state index in [2.05, 4.69) is 46.4 Å². The zero-order valence-electron chi connectivity index (χ0n) is 40.9. The maximum Gasteiger partial charge on any atom is 1.00 e. The number of para-hydroxylation sites is 1. The van der Waals surface area contributed by atoms with Crippen LogP contribution in [0.5, 0.6) is 5.75 Å². The van der Waals surface area contributed by atoms with Gasteiger partial charge in [-0.25, -0.2) is 8.42 Å². The van der Waals surface area contributed by atoms with E-state index in [0.29, 0.717) is 33.3 Å². The maximum atomic E-state index is 14.3. The summed E-state index contributed by atoms with van der Waals surface area (Å²) in [6, 6.07) is 13.2. The van der Waals surface area contributed by atoms with E-state index in [4.69, 9.17) is 5.73 Å². The number of aromatic hydroxyl groups is 1. The molecular formula is C47H60N9NaO13S3. The molecule has 0 aliphatic carbocycles. The number of phenolic OH excluding ortho intramolecular Hbond substituents is 1. The molecule has 3 aromatic carbocycles. The Balaban J connectivity index is 0.0000141. The fraction of sp³-hybridized carbons (Fsp3) is 0.404. The standard InChI is InChI=1S/C47H61N9O13S3.Na/c1-27(69-72(66,67)68)41(47(65)55-37(42(48)60)22-29-10-6-5-7-11-29)56-44(62)36(19-21-71-4)54-46(64)39(24-31-25-49-34-13-9-8-12-33(31)34)52-40(59)26-50-43(61)35(18-20-70-3)53-45(63)38(51-28(2)57)23-30-14-16-32(58)17-15-30;/h5-17,25,27,35-39,41,49,58H,18-24,26H2,1-4H3,(H2,48,60)(H,50,61)(H,51,57)(H,52,59)(H,53,63)(H,54,64)(H,55,65)(H,56,62)(H,66,67,68);/q;+1/p-1/t27-,35+,36+,37+,38+,39+,41+;/m1./s1. The number of benzene rings is 3. The first-order valence-electron chi connectivity index (χ1n) is 22.5. The maximum absolute atomic E-state index is 14.3. The molecule has 73 heavy (non-hydrogen) atoms. The number of H-pyrrole nitrogens is 1. The molecule has 22 nitrogen and oxygen atoms in total. The fourth-order valence-corrected chi connectivity index (χ4v) is 8.79. The first-order chi connectivity index (χ1) is 34.2. The van der Waals surface area contributed by atoms with Crippen LogP contribution in [0.25, 0.3) is 10.9 Å². The number of primary amides is 1. The second-order valence-electron chi connectivity index (χ2n) is 16.6. The van der Waals surface area contributed by atoms with Crippen LogP contribution in [0, 0.1) is 0 Å². The summed E-state index contributed by atoms with van der Waals surface area (Å²) in [5.41, 5.74) is 8.10. The van der Waals surface area contributed by atoms with E-state index in [9.17, 15) is 56.4 Å². The van der Waals surface area contributed by atoms with Gasteiger partial charge < -0.3 is 57.6 Å². The number of hydrogen-bond donors (Lipinski definition) is 10. The summed E-state index contributed by atoms with van der Waals surface area (Å²) < 4.78 is 39.6. The summed E-state index contributed by atoms with van der Waals surface area (Å²) in [5, 5.41) is 28.1. The molecule has 7 atom stereocenters. The number of hydrogen-bond acceptors (Lipinski definition) is 15. The van der Waals surface area contributed by atoms with Crippen LogP contribution >= 0.6 is 23.5 Å². The summed E-state index contributed by atoms with van der Waals surface area (Å²) in [4.78, 5) is 111. The number of aromatic nitrogens is 1. The molecule has 0 spiro atoms. The third kappa shape index (κ3) is 21.0. The van der Waals surface area contributed by atoms with Gasteiger partial charge in [0, 0.05) is 43.3 Å². The average Bonchev–Trinajstić information content (AvgIpc) is 3.74.